The lowest BCUT2D eigenvalue weighted by Crippen LogP contribution is -2.38. The van der Waals surface area contributed by atoms with E-state index in [0.29, 0.717) is 12.5 Å². The van der Waals surface area contributed by atoms with Crippen LogP contribution in [-0.2, 0) is 0 Å². The molecule has 1 aliphatic heterocycles. The zero-order chi connectivity index (χ0) is 11.4. The Hall–Kier alpha value is -0.120. The average molecular weight is 226 g/mol. The highest BCUT2D eigenvalue weighted by molar-refractivity contribution is 4.87. The van der Waals surface area contributed by atoms with E-state index in [4.69, 9.17) is 5.11 Å². The molecule has 16 heavy (non-hydrogen) atoms. The van der Waals surface area contributed by atoms with Gasteiger partial charge in [-0.15, -0.1) is 0 Å². The molecule has 94 valence electrons. The van der Waals surface area contributed by atoms with Crippen molar-refractivity contribution in [3.63, 3.8) is 0 Å². The van der Waals surface area contributed by atoms with E-state index in [9.17, 15) is 0 Å². The standard InChI is InChI=1S/C13H26N2O/c1-2-14-13-5-3-4-12(13)9-15-7-6-11(8-15)10-16/h11-14,16H,2-10H2,1H3. The second-order valence-corrected chi connectivity index (χ2v) is 5.45. The molecule has 3 unspecified atom stereocenters. The van der Waals surface area contributed by atoms with Crippen molar-refractivity contribution in [1.29, 1.82) is 0 Å². The average Bonchev–Trinajstić information content (AvgIpc) is 2.90. The van der Waals surface area contributed by atoms with Crippen molar-refractivity contribution in [1.82, 2.24) is 10.2 Å². The zero-order valence-corrected chi connectivity index (χ0v) is 10.5. The van der Waals surface area contributed by atoms with Crippen LogP contribution in [0.2, 0.25) is 0 Å². The largest absolute Gasteiger partial charge is 0.396 e. The van der Waals surface area contributed by atoms with Gasteiger partial charge in [0.05, 0.1) is 0 Å². The predicted octanol–water partition coefficient (Wildman–Crippen LogP) is 1.08. The molecule has 0 radical (unpaired) electrons. The number of hydrogen-bond acceptors (Lipinski definition) is 3. The molecular weight excluding hydrogens is 200 g/mol. The molecule has 0 aromatic rings. The van der Waals surface area contributed by atoms with Gasteiger partial charge < -0.3 is 15.3 Å². The zero-order valence-electron chi connectivity index (χ0n) is 10.5. The Morgan fingerprint density at radius 1 is 1.31 bits per heavy atom. The first-order chi connectivity index (χ1) is 7.83. The molecule has 3 heteroatoms. The maximum atomic E-state index is 9.14. The SMILES string of the molecule is CCNC1CCCC1CN1CCC(CO)C1. The third kappa shape index (κ3) is 2.96. The van der Waals surface area contributed by atoms with Gasteiger partial charge in [-0.3, -0.25) is 0 Å². The van der Waals surface area contributed by atoms with Gasteiger partial charge >= 0.3 is 0 Å². The van der Waals surface area contributed by atoms with E-state index in [0.717, 1.165) is 25.0 Å². The van der Waals surface area contributed by atoms with E-state index >= 15 is 0 Å². The summed E-state index contributed by atoms with van der Waals surface area (Å²) in [7, 11) is 0. The molecule has 2 N–H and O–H groups in total. The molecule has 0 aromatic heterocycles. The van der Waals surface area contributed by atoms with Gasteiger partial charge in [0.1, 0.15) is 0 Å². The van der Waals surface area contributed by atoms with Crippen LogP contribution in [0.1, 0.15) is 32.6 Å². The summed E-state index contributed by atoms with van der Waals surface area (Å²) in [4.78, 5) is 2.56. The fraction of sp³-hybridized carbons (Fsp3) is 1.00. The summed E-state index contributed by atoms with van der Waals surface area (Å²) in [6, 6.07) is 0.748. The summed E-state index contributed by atoms with van der Waals surface area (Å²) in [6.45, 7) is 7.23. The Morgan fingerprint density at radius 3 is 2.88 bits per heavy atom. The molecule has 0 aromatic carbocycles. The van der Waals surface area contributed by atoms with Gasteiger partial charge in [0, 0.05) is 25.7 Å². The molecular formula is C13H26N2O. The number of nitrogens with zero attached hydrogens (tertiary/aromatic N) is 1. The van der Waals surface area contributed by atoms with Gasteiger partial charge in [-0.2, -0.15) is 0 Å². The van der Waals surface area contributed by atoms with Crippen molar-refractivity contribution in [2.24, 2.45) is 11.8 Å². The van der Waals surface area contributed by atoms with Crippen molar-refractivity contribution in [3.8, 4) is 0 Å². The monoisotopic (exact) mass is 226 g/mol. The maximum absolute atomic E-state index is 9.14. The summed E-state index contributed by atoms with van der Waals surface area (Å²) >= 11 is 0. The highest BCUT2D eigenvalue weighted by atomic mass is 16.3. The lowest BCUT2D eigenvalue weighted by molar-refractivity contribution is 0.207. The maximum Gasteiger partial charge on any atom is 0.0471 e. The number of nitrogens with one attached hydrogen (secondary N) is 1. The number of aliphatic hydroxyl groups is 1. The third-order valence-corrected chi connectivity index (χ3v) is 4.25. The van der Waals surface area contributed by atoms with Gasteiger partial charge in [0.25, 0.3) is 0 Å². The third-order valence-electron chi connectivity index (χ3n) is 4.25. The minimum absolute atomic E-state index is 0.373. The molecule has 2 aliphatic rings. The number of likely N-dealkylation sites (tertiary alicyclic amines) is 1. The van der Waals surface area contributed by atoms with Gasteiger partial charge in [0.15, 0.2) is 0 Å². The van der Waals surface area contributed by atoms with Gasteiger partial charge in [0.2, 0.25) is 0 Å². The summed E-state index contributed by atoms with van der Waals surface area (Å²) in [5.74, 6) is 1.39. The highest BCUT2D eigenvalue weighted by Gasteiger charge is 2.30. The van der Waals surface area contributed by atoms with Gasteiger partial charge in [-0.05, 0) is 44.2 Å². The Bertz CT molecular complexity index is 210. The quantitative estimate of drug-likeness (QED) is 0.736. The van der Waals surface area contributed by atoms with E-state index in [2.05, 4.69) is 17.1 Å². The molecule has 0 bridgehead atoms. The summed E-state index contributed by atoms with van der Waals surface area (Å²) < 4.78 is 0. The Morgan fingerprint density at radius 2 is 2.19 bits per heavy atom. The second kappa shape index (κ2) is 5.99. The minimum Gasteiger partial charge on any atom is -0.396 e. The van der Waals surface area contributed by atoms with Crippen LogP contribution >= 0.6 is 0 Å². The van der Waals surface area contributed by atoms with Crippen LogP contribution in [0.3, 0.4) is 0 Å². The summed E-state index contributed by atoms with van der Waals surface area (Å²) in [6.07, 6.45) is 5.32. The first kappa shape index (κ1) is 12.3. The molecule has 1 heterocycles. The lowest BCUT2D eigenvalue weighted by Gasteiger charge is -2.25. The molecule has 1 saturated carbocycles. The lowest BCUT2D eigenvalue weighted by atomic mass is 10.0. The minimum atomic E-state index is 0.373. The first-order valence-corrected chi connectivity index (χ1v) is 6.90. The van der Waals surface area contributed by atoms with Crippen LogP contribution in [-0.4, -0.2) is 48.8 Å². The van der Waals surface area contributed by atoms with E-state index in [1.54, 1.807) is 0 Å². The molecule has 1 saturated heterocycles. The van der Waals surface area contributed by atoms with Crippen molar-refractivity contribution in [3.05, 3.63) is 0 Å². The molecule has 0 amide bonds. The Kier molecular flexibility index (Phi) is 4.62. The fourth-order valence-electron chi connectivity index (χ4n) is 3.35. The Balaban J connectivity index is 1.76. The van der Waals surface area contributed by atoms with Gasteiger partial charge in [-0.25, -0.2) is 0 Å². The fourth-order valence-corrected chi connectivity index (χ4v) is 3.35. The van der Waals surface area contributed by atoms with Crippen LogP contribution in [0.4, 0.5) is 0 Å². The summed E-state index contributed by atoms with van der Waals surface area (Å²) in [5, 5.41) is 12.8. The van der Waals surface area contributed by atoms with Gasteiger partial charge in [-0.1, -0.05) is 13.3 Å². The second-order valence-electron chi connectivity index (χ2n) is 5.45. The van der Waals surface area contributed by atoms with Crippen LogP contribution in [0.5, 0.6) is 0 Å². The van der Waals surface area contributed by atoms with Crippen molar-refractivity contribution >= 4 is 0 Å². The van der Waals surface area contributed by atoms with Crippen molar-refractivity contribution in [2.75, 3.05) is 32.8 Å². The van der Waals surface area contributed by atoms with E-state index in [1.165, 1.54) is 38.8 Å². The van der Waals surface area contributed by atoms with Crippen LogP contribution in [0.25, 0.3) is 0 Å². The predicted molar refractivity (Wildman–Crippen MR) is 66.4 cm³/mol. The smallest absolute Gasteiger partial charge is 0.0471 e. The van der Waals surface area contributed by atoms with Crippen LogP contribution < -0.4 is 5.32 Å². The highest BCUT2D eigenvalue weighted by Crippen LogP contribution is 2.28. The first-order valence-electron chi connectivity index (χ1n) is 6.90. The molecule has 2 rings (SSSR count). The van der Waals surface area contributed by atoms with Crippen molar-refractivity contribution < 1.29 is 5.11 Å². The van der Waals surface area contributed by atoms with E-state index < -0.39 is 0 Å². The molecule has 0 spiro atoms. The topological polar surface area (TPSA) is 35.5 Å². The number of aliphatic hydroxyl groups excluding tert-OH is 1. The molecule has 3 atom stereocenters. The summed E-state index contributed by atoms with van der Waals surface area (Å²) in [5.41, 5.74) is 0. The van der Waals surface area contributed by atoms with E-state index in [-0.39, 0.29) is 0 Å². The van der Waals surface area contributed by atoms with Crippen LogP contribution in [0.15, 0.2) is 0 Å². The van der Waals surface area contributed by atoms with Crippen LogP contribution in [0, 0.1) is 11.8 Å². The normalized spacial score (nSPS) is 36.0. The number of hydrogen-bond donors (Lipinski definition) is 2. The Labute approximate surface area is 99.2 Å². The van der Waals surface area contributed by atoms with E-state index in [1.807, 2.05) is 0 Å². The number of rotatable bonds is 5. The van der Waals surface area contributed by atoms with Crippen molar-refractivity contribution in [2.45, 2.75) is 38.6 Å². The molecule has 2 fully saturated rings. The molecule has 1 aliphatic carbocycles. The molecule has 3 nitrogen and oxygen atoms in total.